The second-order valence-electron chi connectivity index (χ2n) is 4.38. The van der Waals surface area contributed by atoms with Crippen LogP contribution in [0, 0.1) is 22.6 Å². The molecule has 0 amide bonds. The Morgan fingerprint density at radius 2 is 2.06 bits per heavy atom. The molecule has 1 rings (SSSR count). The molecule has 1 aromatic rings. The molecular formula is C13H16FNO. The number of hydrogen-bond acceptors (Lipinski definition) is 2. The van der Waals surface area contributed by atoms with Gasteiger partial charge in [-0.1, -0.05) is 12.1 Å². The van der Waals surface area contributed by atoms with Gasteiger partial charge in [-0.25, -0.2) is 4.39 Å². The fourth-order valence-electron chi connectivity index (χ4n) is 1.31. The molecule has 0 heterocycles. The number of para-hydroxylation sites is 1. The van der Waals surface area contributed by atoms with Crippen LogP contribution in [0.3, 0.4) is 0 Å². The molecule has 0 atom stereocenters. The molecule has 2 nitrogen and oxygen atoms in total. The van der Waals surface area contributed by atoms with E-state index in [1.807, 2.05) is 13.8 Å². The second-order valence-corrected chi connectivity index (χ2v) is 4.38. The topological polar surface area (TPSA) is 33.0 Å². The highest BCUT2D eigenvalue weighted by molar-refractivity contribution is 5.23. The highest BCUT2D eigenvalue weighted by Crippen LogP contribution is 2.21. The summed E-state index contributed by atoms with van der Waals surface area (Å²) in [4.78, 5) is 0. The average Bonchev–Trinajstić information content (AvgIpc) is 2.27. The molecule has 0 radical (unpaired) electrons. The first-order chi connectivity index (χ1) is 7.55. The first kappa shape index (κ1) is 12.5. The van der Waals surface area contributed by atoms with Crippen LogP contribution in [0.15, 0.2) is 24.3 Å². The molecule has 86 valence electrons. The van der Waals surface area contributed by atoms with E-state index in [4.69, 9.17) is 10.00 Å². The number of ether oxygens (including phenoxy) is 1. The van der Waals surface area contributed by atoms with E-state index in [2.05, 4.69) is 6.07 Å². The molecule has 0 unspecified atom stereocenters. The van der Waals surface area contributed by atoms with Crippen LogP contribution in [0.2, 0.25) is 0 Å². The lowest BCUT2D eigenvalue weighted by molar-refractivity contribution is 0.273. The van der Waals surface area contributed by atoms with Crippen molar-refractivity contribution in [2.75, 3.05) is 6.61 Å². The summed E-state index contributed by atoms with van der Waals surface area (Å²) < 4.78 is 18.4. The summed E-state index contributed by atoms with van der Waals surface area (Å²) in [5, 5.41) is 8.80. The second kappa shape index (κ2) is 5.50. The maximum absolute atomic E-state index is 13.1. The van der Waals surface area contributed by atoms with Crippen LogP contribution in [0.4, 0.5) is 4.39 Å². The number of benzene rings is 1. The zero-order valence-corrected chi connectivity index (χ0v) is 9.66. The van der Waals surface area contributed by atoms with E-state index in [9.17, 15) is 4.39 Å². The van der Waals surface area contributed by atoms with Crippen LogP contribution >= 0.6 is 0 Å². The van der Waals surface area contributed by atoms with Crippen molar-refractivity contribution in [1.82, 2.24) is 0 Å². The molecule has 0 fully saturated rings. The summed E-state index contributed by atoms with van der Waals surface area (Å²) in [6.07, 6.45) is 1.49. The van der Waals surface area contributed by atoms with Gasteiger partial charge in [-0.3, -0.25) is 0 Å². The molecule has 0 aliphatic carbocycles. The lowest BCUT2D eigenvalue weighted by Crippen LogP contribution is -2.10. The summed E-state index contributed by atoms with van der Waals surface area (Å²) in [6, 6.07) is 8.55. The first-order valence-electron chi connectivity index (χ1n) is 5.34. The molecule has 0 spiro atoms. The Labute approximate surface area is 95.7 Å². The Kier molecular flexibility index (Phi) is 4.30. The summed E-state index contributed by atoms with van der Waals surface area (Å²) in [5.74, 6) is -0.0701. The van der Waals surface area contributed by atoms with E-state index in [-0.39, 0.29) is 17.0 Å². The van der Waals surface area contributed by atoms with Gasteiger partial charge in [0.25, 0.3) is 0 Å². The van der Waals surface area contributed by atoms with Crippen LogP contribution in [-0.4, -0.2) is 6.61 Å². The monoisotopic (exact) mass is 221 g/mol. The van der Waals surface area contributed by atoms with Crippen LogP contribution in [0.25, 0.3) is 0 Å². The van der Waals surface area contributed by atoms with Crippen molar-refractivity contribution < 1.29 is 9.13 Å². The van der Waals surface area contributed by atoms with Gasteiger partial charge in [-0.05, 0) is 38.8 Å². The van der Waals surface area contributed by atoms with Crippen molar-refractivity contribution in [3.63, 3.8) is 0 Å². The predicted molar refractivity (Wildman–Crippen MR) is 60.5 cm³/mol. The van der Waals surface area contributed by atoms with Crippen LogP contribution in [0.1, 0.15) is 26.7 Å². The van der Waals surface area contributed by atoms with Gasteiger partial charge >= 0.3 is 0 Å². The maximum Gasteiger partial charge on any atom is 0.165 e. The minimum absolute atomic E-state index is 0.275. The van der Waals surface area contributed by atoms with E-state index < -0.39 is 0 Å². The van der Waals surface area contributed by atoms with Gasteiger partial charge in [0.2, 0.25) is 0 Å². The summed E-state index contributed by atoms with van der Waals surface area (Å²) in [6.45, 7) is 4.21. The third kappa shape index (κ3) is 3.90. The molecule has 0 N–H and O–H groups in total. The molecule has 1 aromatic carbocycles. The fraction of sp³-hybridized carbons (Fsp3) is 0.462. The Balaban J connectivity index is 2.33. The highest BCUT2D eigenvalue weighted by Gasteiger charge is 2.15. The minimum atomic E-state index is -0.345. The minimum Gasteiger partial charge on any atom is -0.491 e. The summed E-state index contributed by atoms with van der Waals surface area (Å²) >= 11 is 0. The zero-order valence-electron chi connectivity index (χ0n) is 9.66. The van der Waals surface area contributed by atoms with Gasteiger partial charge in [-0.15, -0.1) is 0 Å². The molecule has 0 saturated carbocycles. The molecule has 0 bridgehead atoms. The Hall–Kier alpha value is -1.56. The Bertz CT molecular complexity index is 382. The molecule has 0 aromatic heterocycles. The van der Waals surface area contributed by atoms with Crippen molar-refractivity contribution in [2.45, 2.75) is 26.7 Å². The lowest BCUT2D eigenvalue weighted by Gasteiger charge is -2.14. The van der Waals surface area contributed by atoms with Crippen molar-refractivity contribution in [3.8, 4) is 11.8 Å². The zero-order chi connectivity index (χ0) is 12.0. The number of nitriles is 1. The van der Waals surface area contributed by atoms with E-state index in [0.29, 0.717) is 6.61 Å². The van der Waals surface area contributed by atoms with Crippen LogP contribution in [0.5, 0.6) is 5.75 Å². The molecule has 16 heavy (non-hydrogen) atoms. The molecule has 3 heteroatoms. The quantitative estimate of drug-likeness (QED) is 0.712. The smallest absolute Gasteiger partial charge is 0.165 e. The Morgan fingerprint density at radius 1 is 1.38 bits per heavy atom. The van der Waals surface area contributed by atoms with Crippen LogP contribution in [-0.2, 0) is 0 Å². The predicted octanol–water partition coefficient (Wildman–Crippen LogP) is 3.53. The third-order valence-electron chi connectivity index (χ3n) is 2.34. The fourth-order valence-corrected chi connectivity index (χ4v) is 1.31. The SMILES string of the molecule is CC(C)(C#N)CCCOc1ccccc1F. The first-order valence-corrected chi connectivity index (χ1v) is 5.34. The standard InChI is InChI=1S/C13H16FNO/c1-13(2,10-15)8-5-9-16-12-7-4-3-6-11(12)14/h3-4,6-7H,5,8-9H2,1-2H3. The van der Waals surface area contributed by atoms with Gasteiger partial charge in [0.05, 0.1) is 18.1 Å². The van der Waals surface area contributed by atoms with Crippen molar-refractivity contribution in [3.05, 3.63) is 30.1 Å². The van der Waals surface area contributed by atoms with Crippen LogP contribution < -0.4 is 4.74 Å². The number of hydrogen-bond donors (Lipinski definition) is 0. The molecule has 0 aliphatic heterocycles. The van der Waals surface area contributed by atoms with Gasteiger partial charge in [0, 0.05) is 0 Å². The number of nitrogens with zero attached hydrogens (tertiary/aromatic N) is 1. The molecule has 0 aliphatic rings. The van der Waals surface area contributed by atoms with Crippen molar-refractivity contribution in [2.24, 2.45) is 5.41 Å². The average molecular weight is 221 g/mol. The number of halogens is 1. The van der Waals surface area contributed by atoms with Gasteiger partial charge in [0.1, 0.15) is 0 Å². The number of rotatable bonds is 5. The Morgan fingerprint density at radius 3 is 2.69 bits per heavy atom. The third-order valence-corrected chi connectivity index (χ3v) is 2.34. The van der Waals surface area contributed by atoms with E-state index in [1.54, 1.807) is 18.2 Å². The van der Waals surface area contributed by atoms with Gasteiger partial charge in [-0.2, -0.15) is 5.26 Å². The normalized spacial score (nSPS) is 10.9. The molecular weight excluding hydrogens is 205 g/mol. The highest BCUT2D eigenvalue weighted by atomic mass is 19.1. The van der Waals surface area contributed by atoms with E-state index in [1.165, 1.54) is 6.07 Å². The van der Waals surface area contributed by atoms with Crippen molar-refractivity contribution >= 4 is 0 Å². The van der Waals surface area contributed by atoms with Gasteiger partial charge < -0.3 is 4.74 Å². The molecule has 0 saturated heterocycles. The lowest BCUT2D eigenvalue weighted by atomic mass is 9.90. The maximum atomic E-state index is 13.1. The van der Waals surface area contributed by atoms with Gasteiger partial charge in [0.15, 0.2) is 11.6 Å². The summed E-state index contributed by atoms with van der Waals surface area (Å²) in [5.41, 5.74) is -0.335. The summed E-state index contributed by atoms with van der Waals surface area (Å²) in [7, 11) is 0. The largest absolute Gasteiger partial charge is 0.491 e. The van der Waals surface area contributed by atoms with E-state index >= 15 is 0 Å². The van der Waals surface area contributed by atoms with E-state index in [0.717, 1.165) is 12.8 Å². The van der Waals surface area contributed by atoms with Crippen molar-refractivity contribution in [1.29, 1.82) is 5.26 Å².